The molecular formula is C13H14N2O3. The first-order chi connectivity index (χ1) is 8.58. The summed E-state index contributed by atoms with van der Waals surface area (Å²) in [5.74, 6) is -0.884. The van der Waals surface area contributed by atoms with Gasteiger partial charge in [-0.1, -0.05) is 0 Å². The highest BCUT2D eigenvalue weighted by Gasteiger charge is 2.36. The van der Waals surface area contributed by atoms with Gasteiger partial charge >= 0.3 is 5.97 Å². The summed E-state index contributed by atoms with van der Waals surface area (Å²) in [6.07, 6.45) is 2.15. The minimum atomic E-state index is -0.937. The van der Waals surface area contributed by atoms with Crippen molar-refractivity contribution < 1.29 is 14.7 Å². The molecule has 1 aromatic carbocycles. The third-order valence-electron chi connectivity index (χ3n) is 3.56. The Bertz CT molecular complexity index is 537. The van der Waals surface area contributed by atoms with Crippen molar-refractivity contribution in [2.45, 2.75) is 18.9 Å². The lowest BCUT2D eigenvalue weighted by Gasteiger charge is -2.35. The monoisotopic (exact) mass is 246 g/mol. The van der Waals surface area contributed by atoms with Gasteiger partial charge in [-0.15, -0.1) is 0 Å². The summed E-state index contributed by atoms with van der Waals surface area (Å²) in [4.78, 5) is 26.5. The van der Waals surface area contributed by atoms with Crippen molar-refractivity contribution in [1.82, 2.24) is 0 Å². The van der Waals surface area contributed by atoms with Crippen LogP contribution in [-0.2, 0) is 4.79 Å². The fourth-order valence-electron chi connectivity index (χ4n) is 2.35. The number of aromatic carboxylic acids is 1. The summed E-state index contributed by atoms with van der Waals surface area (Å²) in [6.45, 7) is 0.344. The first-order valence-electron chi connectivity index (χ1n) is 5.98. The molecule has 18 heavy (non-hydrogen) atoms. The van der Waals surface area contributed by atoms with Crippen LogP contribution >= 0.6 is 0 Å². The van der Waals surface area contributed by atoms with E-state index in [2.05, 4.69) is 0 Å². The Kier molecular flexibility index (Phi) is 2.29. The fraction of sp³-hybridized carbons (Fsp3) is 0.385. The zero-order valence-corrected chi connectivity index (χ0v) is 10.1. The molecule has 1 saturated carbocycles. The van der Waals surface area contributed by atoms with Gasteiger partial charge in [-0.25, -0.2) is 4.79 Å². The number of likely N-dealkylation sites (N-methyl/N-ethyl adjacent to an activating group) is 1. The number of hydrogen-bond donors (Lipinski definition) is 1. The molecule has 5 nitrogen and oxygen atoms in total. The van der Waals surface area contributed by atoms with Crippen molar-refractivity contribution >= 4 is 23.3 Å². The number of rotatable bonds is 2. The van der Waals surface area contributed by atoms with Gasteiger partial charge in [-0.05, 0) is 31.0 Å². The maximum Gasteiger partial charge on any atom is 0.335 e. The van der Waals surface area contributed by atoms with E-state index in [0.717, 1.165) is 24.2 Å². The molecule has 2 aliphatic rings. The second kappa shape index (κ2) is 3.73. The summed E-state index contributed by atoms with van der Waals surface area (Å²) in [6, 6.07) is 5.32. The van der Waals surface area contributed by atoms with Crippen molar-refractivity contribution in [2.75, 3.05) is 23.4 Å². The third kappa shape index (κ3) is 1.63. The Morgan fingerprint density at radius 1 is 1.33 bits per heavy atom. The molecular weight excluding hydrogens is 232 g/mol. The Balaban J connectivity index is 2.10. The Labute approximate surface area is 105 Å². The van der Waals surface area contributed by atoms with E-state index in [0.29, 0.717) is 12.6 Å². The Morgan fingerprint density at radius 2 is 2.06 bits per heavy atom. The number of amides is 1. The summed E-state index contributed by atoms with van der Waals surface area (Å²) >= 11 is 0. The molecule has 1 fully saturated rings. The van der Waals surface area contributed by atoms with Gasteiger partial charge < -0.3 is 14.9 Å². The molecule has 1 aromatic rings. The second-order valence-electron chi connectivity index (χ2n) is 4.82. The van der Waals surface area contributed by atoms with E-state index in [1.54, 1.807) is 30.1 Å². The van der Waals surface area contributed by atoms with Crippen LogP contribution in [-0.4, -0.2) is 36.6 Å². The molecule has 0 atom stereocenters. The van der Waals surface area contributed by atoms with Crippen molar-refractivity contribution in [3.05, 3.63) is 23.8 Å². The summed E-state index contributed by atoms with van der Waals surface area (Å²) in [5, 5.41) is 9.05. The number of fused-ring (bicyclic) bond motifs is 1. The number of carbonyl (C=O) groups excluding carboxylic acids is 1. The van der Waals surface area contributed by atoms with E-state index < -0.39 is 5.97 Å². The molecule has 0 saturated heterocycles. The van der Waals surface area contributed by atoms with Crippen LogP contribution in [0.3, 0.4) is 0 Å². The van der Waals surface area contributed by atoms with Crippen LogP contribution in [0.25, 0.3) is 0 Å². The average Bonchev–Trinajstić information content (AvgIpc) is 3.17. The van der Waals surface area contributed by atoms with Crippen LogP contribution in [0.5, 0.6) is 0 Å². The number of hydrogen-bond acceptors (Lipinski definition) is 3. The van der Waals surface area contributed by atoms with Crippen molar-refractivity contribution in [1.29, 1.82) is 0 Å². The van der Waals surface area contributed by atoms with Gasteiger partial charge in [0.05, 0.1) is 23.5 Å². The molecule has 1 N–H and O–H groups in total. The molecule has 0 spiro atoms. The zero-order valence-electron chi connectivity index (χ0n) is 10.1. The highest BCUT2D eigenvalue weighted by Crippen LogP contribution is 2.40. The predicted molar refractivity (Wildman–Crippen MR) is 67.2 cm³/mol. The van der Waals surface area contributed by atoms with Crippen LogP contribution in [0.4, 0.5) is 11.4 Å². The molecule has 0 aromatic heterocycles. The van der Waals surface area contributed by atoms with Crippen LogP contribution in [0.1, 0.15) is 23.2 Å². The fourth-order valence-corrected chi connectivity index (χ4v) is 2.35. The highest BCUT2D eigenvalue weighted by molar-refractivity contribution is 6.04. The molecule has 1 heterocycles. The summed E-state index contributed by atoms with van der Waals surface area (Å²) in [5.41, 5.74) is 1.92. The average molecular weight is 246 g/mol. The number of nitrogens with zero attached hydrogens (tertiary/aromatic N) is 2. The normalized spacial score (nSPS) is 18.8. The number of carboxylic acids is 1. The van der Waals surface area contributed by atoms with Crippen LogP contribution in [0, 0.1) is 0 Å². The molecule has 1 aliphatic carbocycles. The van der Waals surface area contributed by atoms with E-state index in [1.165, 1.54) is 0 Å². The van der Waals surface area contributed by atoms with Gasteiger partial charge in [0, 0.05) is 13.1 Å². The molecule has 0 unspecified atom stereocenters. The Hall–Kier alpha value is -2.04. The lowest BCUT2D eigenvalue weighted by Crippen LogP contribution is -2.45. The van der Waals surface area contributed by atoms with Crippen molar-refractivity contribution in [3.63, 3.8) is 0 Å². The SMILES string of the molecule is CN1C(=O)CN(C2CC2)c2cc(C(=O)O)ccc21. The largest absolute Gasteiger partial charge is 0.478 e. The lowest BCUT2D eigenvalue weighted by molar-refractivity contribution is -0.117. The first-order valence-corrected chi connectivity index (χ1v) is 5.98. The van der Waals surface area contributed by atoms with E-state index in [-0.39, 0.29) is 11.5 Å². The molecule has 0 radical (unpaired) electrons. The number of benzene rings is 1. The van der Waals surface area contributed by atoms with Gasteiger partial charge in [-0.3, -0.25) is 4.79 Å². The maximum atomic E-state index is 11.9. The van der Waals surface area contributed by atoms with Gasteiger partial charge in [0.15, 0.2) is 0 Å². The van der Waals surface area contributed by atoms with Crippen LogP contribution in [0.15, 0.2) is 18.2 Å². The van der Waals surface area contributed by atoms with E-state index >= 15 is 0 Å². The predicted octanol–water partition coefficient (Wildman–Crippen LogP) is 1.33. The molecule has 0 bridgehead atoms. The second-order valence-corrected chi connectivity index (χ2v) is 4.82. The smallest absolute Gasteiger partial charge is 0.335 e. The standard InChI is InChI=1S/C13H14N2O3/c1-14-10-5-2-8(13(17)18)6-11(10)15(7-12(14)16)9-3-4-9/h2,5-6,9H,3-4,7H2,1H3,(H,17,18). The van der Waals surface area contributed by atoms with Crippen molar-refractivity contribution in [2.24, 2.45) is 0 Å². The van der Waals surface area contributed by atoms with E-state index in [1.807, 2.05) is 4.90 Å². The third-order valence-corrected chi connectivity index (χ3v) is 3.56. The number of anilines is 2. The van der Waals surface area contributed by atoms with Gasteiger partial charge in [0.1, 0.15) is 0 Å². The van der Waals surface area contributed by atoms with E-state index in [4.69, 9.17) is 5.11 Å². The van der Waals surface area contributed by atoms with E-state index in [9.17, 15) is 9.59 Å². The topological polar surface area (TPSA) is 60.9 Å². The van der Waals surface area contributed by atoms with Crippen molar-refractivity contribution in [3.8, 4) is 0 Å². The van der Waals surface area contributed by atoms with Crippen LogP contribution < -0.4 is 9.80 Å². The summed E-state index contributed by atoms with van der Waals surface area (Å²) in [7, 11) is 1.73. The minimum absolute atomic E-state index is 0.0532. The zero-order chi connectivity index (χ0) is 12.9. The van der Waals surface area contributed by atoms with Gasteiger partial charge in [-0.2, -0.15) is 0 Å². The lowest BCUT2D eigenvalue weighted by atomic mass is 10.1. The van der Waals surface area contributed by atoms with Crippen LogP contribution in [0.2, 0.25) is 0 Å². The minimum Gasteiger partial charge on any atom is -0.478 e. The molecule has 1 amide bonds. The summed E-state index contributed by atoms with van der Waals surface area (Å²) < 4.78 is 0. The van der Waals surface area contributed by atoms with Gasteiger partial charge in [0.25, 0.3) is 0 Å². The Morgan fingerprint density at radius 3 is 2.67 bits per heavy atom. The molecule has 1 aliphatic heterocycles. The number of carbonyl (C=O) groups is 2. The highest BCUT2D eigenvalue weighted by atomic mass is 16.4. The molecule has 5 heteroatoms. The van der Waals surface area contributed by atoms with Gasteiger partial charge in [0.2, 0.25) is 5.91 Å². The first kappa shape index (κ1) is 11.1. The molecule has 3 rings (SSSR count). The quantitative estimate of drug-likeness (QED) is 0.855. The number of carboxylic acid groups (broad SMARTS) is 1. The maximum absolute atomic E-state index is 11.9. The molecule has 94 valence electrons.